The Morgan fingerprint density at radius 2 is 2.04 bits per heavy atom. The lowest BCUT2D eigenvalue weighted by molar-refractivity contribution is -0.117. The summed E-state index contributed by atoms with van der Waals surface area (Å²) in [6.45, 7) is 0. The van der Waals surface area contributed by atoms with Gasteiger partial charge in [-0.3, -0.25) is 9.78 Å². The molecule has 2 aromatic heterocycles. The lowest BCUT2D eigenvalue weighted by atomic mass is 9.94. The van der Waals surface area contributed by atoms with Crippen LogP contribution in [-0.4, -0.2) is 18.0 Å². The molecule has 6 nitrogen and oxygen atoms in total. The van der Waals surface area contributed by atoms with Gasteiger partial charge in [-0.15, -0.1) is 11.3 Å². The van der Waals surface area contributed by atoms with Gasteiger partial charge in [-0.2, -0.15) is 0 Å². The Labute approximate surface area is 164 Å². The van der Waals surface area contributed by atoms with Crippen molar-refractivity contribution in [1.29, 1.82) is 0 Å². The number of anilines is 1. The molecular weight excluding hydrogens is 376 g/mol. The molecule has 142 valence electrons. The number of fused-ring (bicyclic) bond motifs is 1. The van der Waals surface area contributed by atoms with Crippen molar-refractivity contribution >= 4 is 34.0 Å². The van der Waals surface area contributed by atoms with Crippen LogP contribution in [0, 0.1) is 0 Å². The Balaban J connectivity index is 1.61. The van der Waals surface area contributed by atoms with Gasteiger partial charge in [0, 0.05) is 16.6 Å². The van der Waals surface area contributed by atoms with Gasteiger partial charge in [-0.1, -0.05) is 18.2 Å². The highest BCUT2D eigenvalue weighted by Gasteiger charge is 2.22. The van der Waals surface area contributed by atoms with Crippen molar-refractivity contribution in [2.75, 3.05) is 12.4 Å². The van der Waals surface area contributed by atoms with Gasteiger partial charge in [0.25, 0.3) is 0 Å². The van der Waals surface area contributed by atoms with Crippen LogP contribution in [0.25, 0.3) is 11.1 Å². The number of carbonyl (C=O) groups is 1. The monoisotopic (exact) mass is 394 g/mol. The van der Waals surface area contributed by atoms with Crippen LogP contribution < -0.4 is 15.8 Å². The summed E-state index contributed by atoms with van der Waals surface area (Å²) in [7, 11) is 1.61. The summed E-state index contributed by atoms with van der Waals surface area (Å²) in [6.07, 6.45) is 0.595. The van der Waals surface area contributed by atoms with Crippen molar-refractivity contribution in [2.45, 2.75) is 12.3 Å². The second-order valence-electron chi connectivity index (χ2n) is 6.32. The van der Waals surface area contributed by atoms with Gasteiger partial charge in [0.05, 0.1) is 18.5 Å². The SMILES string of the molecule is COc1ccc(C(Cc2cccs2)C(=O)Nc2ccc3[nH]c(=O)oc3c2)cc1. The maximum Gasteiger partial charge on any atom is 0.417 e. The van der Waals surface area contributed by atoms with Gasteiger partial charge in [0.1, 0.15) is 5.75 Å². The summed E-state index contributed by atoms with van der Waals surface area (Å²) in [4.78, 5) is 28.1. The first-order chi connectivity index (χ1) is 13.6. The summed E-state index contributed by atoms with van der Waals surface area (Å²) in [6, 6.07) is 16.6. The van der Waals surface area contributed by atoms with E-state index in [4.69, 9.17) is 9.15 Å². The summed E-state index contributed by atoms with van der Waals surface area (Å²) in [5.74, 6) is -0.270. The summed E-state index contributed by atoms with van der Waals surface area (Å²) >= 11 is 1.62. The minimum atomic E-state index is -0.521. The van der Waals surface area contributed by atoms with Crippen LogP contribution in [-0.2, 0) is 11.2 Å². The van der Waals surface area contributed by atoms with E-state index in [-0.39, 0.29) is 11.8 Å². The minimum Gasteiger partial charge on any atom is -0.497 e. The molecule has 0 saturated heterocycles. The lowest BCUT2D eigenvalue weighted by Gasteiger charge is -2.17. The standard InChI is InChI=1S/C21H18N2O4S/c1-26-15-7-4-13(5-8-15)17(12-16-3-2-10-28-16)20(24)22-14-6-9-18-19(11-14)27-21(25)23-18/h2-11,17H,12H2,1H3,(H,22,24)(H,23,25). The van der Waals surface area contributed by atoms with Gasteiger partial charge in [-0.25, -0.2) is 4.79 Å². The molecule has 1 amide bonds. The number of thiophene rings is 1. The first-order valence-electron chi connectivity index (χ1n) is 8.72. The predicted molar refractivity (Wildman–Crippen MR) is 109 cm³/mol. The molecule has 7 heteroatoms. The van der Waals surface area contributed by atoms with Gasteiger partial charge in [-0.05, 0) is 47.7 Å². The molecule has 4 aromatic rings. The fraction of sp³-hybridized carbons (Fsp3) is 0.143. The molecule has 0 radical (unpaired) electrons. The molecule has 0 saturated carbocycles. The highest BCUT2D eigenvalue weighted by Crippen LogP contribution is 2.27. The normalized spacial score (nSPS) is 12.0. The van der Waals surface area contributed by atoms with Crippen molar-refractivity contribution in [3.63, 3.8) is 0 Å². The fourth-order valence-corrected chi connectivity index (χ4v) is 3.83. The molecule has 4 rings (SSSR count). The van der Waals surface area contributed by atoms with E-state index in [9.17, 15) is 9.59 Å². The van der Waals surface area contributed by atoms with E-state index in [1.807, 2.05) is 41.8 Å². The van der Waals surface area contributed by atoms with Crippen LogP contribution in [0.15, 0.2) is 69.2 Å². The smallest absolute Gasteiger partial charge is 0.417 e. The maximum atomic E-state index is 13.1. The van der Waals surface area contributed by atoms with Crippen molar-refractivity contribution in [3.8, 4) is 5.75 Å². The first-order valence-corrected chi connectivity index (χ1v) is 9.60. The summed E-state index contributed by atoms with van der Waals surface area (Å²) < 4.78 is 10.3. The van der Waals surface area contributed by atoms with Crippen LogP contribution in [0.3, 0.4) is 0 Å². The average molecular weight is 394 g/mol. The fourth-order valence-electron chi connectivity index (χ4n) is 3.08. The number of aromatic amines is 1. The number of rotatable bonds is 6. The van der Waals surface area contributed by atoms with E-state index in [0.29, 0.717) is 23.2 Å². The highest BCUT2D eigenvalue weighted by atomic mass is 32.1. The summed E-state index contributed by atoms with van der Waals surface area (Å²) in [5, 5.41) is 4.94. The molecule has 0 fully saturated rings. The van der Waals surface area contributed by atoms with Gasteiger partial charge < -0.3 is 14.5 Å². The number of amides is 1. The van der Waals surface area contributed by atoms with E-state index < -0.39 is 5.76 Å². The molecular formula is C21H18N2O4S. The van der Waals surface area contributed by atoms with E-state index in [2.05, 4.69) is 10.3 Å². The average Bonchev–Trinajstić information content (AvgIpc) is 3.34. The number of nitrogens with one attached hydrogen (secondary N) is 2. The van der Waals surface area contributed by atoms with Crippen molar-refractivity contribution < 1.29 is 13.9 Å². The number of carbonyl (C=O) groups excluding carboxylic acids is 1. The molecule has 0 spiro atoms. The third-order valence-electron chi connectivity index (χ3n) is 4.51. The van der Waals surface area contributed by atoms with Crippen molar-refractivity contribution in [3.05, 3.63) is 81.0 Å². The molecule has 2 heterocycles. The molecule has 1 unspecified atom stereocenters. The zero-order chi connectivity index (χ0) is 19.5. The zero-order valence-electron chi connectivity index (χ0n) is 15.1. The van der Waals surface area contributed by atoms with Crippen LogP contribution in [0.1, 0.15) is 16.4 Å². The molecule has 0 aliphatic rings. The number of methoxy groups -OCH3 is 1. The van der Waals surface area contributed by atoms with Gasteiger partial charge in [0.15, 0.2) is 5.58 Å². The van der Waals surface area contributed by atoms with Crippen LogP contribution in [0.4, 0.5) is 5.69 Å². The minimum absolute atomic E-state index is 0.129. The van der Waals surface area contributed by atoms with Crippen molar-refractivity contribution in [1.82, 2.24) is 4.98 Å². The summed E-state index contributed by atoms with van der Waals surface area (Å²) in [5.41, 5.74) is 2.47. The first kappa shape index (κ1) is 18.1. The third kappa shape index (κ3) is 3.84. The molecule has 0 aliphatic heterocycles. The number of benzene rings is 2. The molecule has 0 bridgehead atoms. The van der Waals surface area contributed by atoms with Gasteiger partial charge >= 0.3 is 5.76 Å². The Hall–Kier alpha value is -3.32. The topological polar surface area (TPSA) is 84.3 Å². The van der Waals surface area contributed by atoms with E-state index >= 15 is 0 Å². The molecule has 2 aromatic carbocycles. The molecule has 1 atom stereocenters. The quantitative estimate of drug-likeness (QED) is 0.514. The van der Waals surface area contributed by atoms with Crippen LogP contribution in [0.5, 0.6) is 5.75 Å². The van der Waals surface area contributed by atoms with Crippen molar-refractivity contribution in [2.24, 2.45) is 0 Å². The number of ether oxygens (including phenoxy) is 1. The van der Waals surface area contributed by atoms with Gasteiger partial charge in [0.2, 0.25) is 5.91 Å². The molecule has 0 aliphatic carbocycles. The Kier molecular flexibility index (Phi) is 4.99. The molecule has 2 N–H and O–H groups in total. The second kappa shape index (κ2) is 7.74. The maximum absolute atomic E-state index is 13.1. The predicted octanol–water partition coefficient (Wildman–Crippen LogP) is 4.16. The number of H-pyrrole nitrogens is 1. The Morgan fingerprint density at radius 3 is 2.75 bits per heavy atom. The zero-order valence-corrected chi connectivity index (χ0v) is 15.9. The molecule has 28 heavy (non-hydrogen) atoms. The van der Waals surface area contributed by atoms with Crippen LogP contribution >= 0.6 is 11.3 Å². The van der Waals surface area contributed by atoms with Crippen LogP contribution in [0.2, 0.25) is 0 Å². The number of hydrogen-bond acceptors (Lipinski definition) is 5. The van der Waals surface area contributed by atoms with E-state index in [1.165, 1.54) is 0 Å². The largest absolute Gasteiger partial charge is 0.497 e. The second-order valence-corrected chi connectivity index (χ2v) is 7.36. The Bertz CT molecular complexity index is 1140. The third-order valence-corrected chi connectivity index (χ3v) is 5.41. The lowest BCUT2D eigenvalue weighted by Crippen LogP contribution is -2.22. The number of hydrogen-bond donors (Lipinski definition) is 2. The van der Waals surface area contributed by atoms with E-state index in [1.54, 1.807) is 36.6 Å². The highest BCUT2D eigenvalue weighted by molar-refractivity contribution is 7.09. The number of oxazole rings is 1. The number of aromatic nitrogens is 1. The van der Waals surface area contributed by atoms with E-state index in [0.717, 1.165) is 16.2 Å². The Morgan fingerprint density at radius 1 is 1.21 bits per heavy atom.